The van der Waals surface area contributed by atoms with E-state index in [-0.39, 0.29) is 0 Å². The van der Waals surface area contributed by atoms with E-state index in [9.17, 15) is 0 Å². The summed E-state index contributed by atoms with van der Waals surface area (Å²) >= 11 is 0. The third kappa shape index (κ3) is 4.22. The summed E-state index contributed by atoms with van der Waals surface area (Å²) in [5, 5.41) is 8.15. The molecular weight excluding hydrogens is 487 g/mol. The highest BCUT2D eigenvalue weighted by Crippen LogP contribution is 2.30. The van der Waals surface area contributed by atoms with E-state index in [1.807, 2.05) is 0 Å². The Kier molecular flexibility index (Phi) is 6.50. The molecule has 0 N–H and O–H groups in total. The van der Waals surface area contributed by atoms with Crippen LogP contribution in [0.3, 0.4) is 0 Å². The van der Waals surface area contributed by atoms with Gasteiger partial charge in [-0.25, -0.2) is 4.57 Å². The van der Waals surface area contributed by atoms with Gasteiger partial charge in [-0.1, -0.05) is 115 Å². The van der Waals surface area contributed by atoms with Crippen LogP contribution in [0.5, 0.6) is 0 Å². The maximum atomic E-state index is 2.47. The van der Waals surface area contributed by atoms with Crippen LogP contribution in [-0.4, -0.2) is 8.07 Å². The molecule has 0 fully saturated rings. The molecule has 5 aromatic carbocycles. The molecule has 0 unspecified atom stereocenters. The summed E-state index contributed by atoms with van der Waals surface area (Å²) in [7, 11) is -0.400. The van der Waals surface area contributed by atoms with Crippen molar-refractivity contribution < 1.29 is 4.57 Å². The summed E-state index contributed by atoms with van der Waals surface area (Å²) in [5.41, 5.74) is 6.56. The molecule has 0 aliphatic heterocycles. The SMILES string of the molecule is Cc1cc(C)c(C)c(-c2c3ccc([Si](c4ccccc4)(c4ccccc4)c4ccccc4)cc3cc[n+]2C)c1. The first-order valence-corrected chi connectivity index (χ1v) is 15.7. The van der Waals surface area contributed by atoms with Crippen molar-refractivity contribution in [1.82, 2.24) is 0 Å². The summed E-state index contributed by atoms with van der Waals surface area (Å²) in [5.74, 6) is 0. The molecule has 0 aliphatic carbocycles. The zero-order valence-electron chi connectivity index (χ0n) is 23.1. The van der Waals surface area contributed by atoms with E-state index in [0.29, 0.717) is 0 Å². The van der Waals surface area contributed by atoms with Crippen LogP contribution < -0.4 is 25.3 Å². The average molecular weight is 521 g/mol. The van der Waals surface area contributed by atoms with Gasteiger partial charge in [0.05, 0.1) is 10.9 Å². The minimum absolute atomic E-state index is 1.27. The lowest BCUT2D eigenvalue weighted by Crippen LogP contribution is -2.74. The number of pyridine rings is 1. The fourth-order valence-corrected chi connectivity index (χ4v) is 11.1. The van der Waals surface area contributed by atoms with Crippen LogP contribution in [-0.2, 0) is 7.05 Å². The van der Waals surface area contributed by atoms with Gasteiger partial charge in [-0.15, -0.1) is 0 Å². The van der Waals surface area contributed by atoms with E-state index >= 15 is 0 Å². The lowest BCUT2D eigenvalue weighted by molar-refractivity contribution is -0.659. The number of rotatable bonds is 5. The van der Waals surface area contributed by atoms with Gasteiger partial charge in [0.25, 0.3) is 0 Å². The fourth-order valence-electron chi connectivity index (χ4n) is 6.29. The predicted molar refractivity (Wildman–Crippen MR) is 168 cm³/mol. The monoisotopic (exact) mass is 520 g/mol. The van der Waals surface area contributed by atoms with E-state index < -0.39 is 8.07 Å². The molecule has 6 aromatic rings. The third-order valence-corrected chi connectivity index (χ3v) is 13.0. The van der Waals surface area contributed by atoms with Crippen LogP contribution >= 0.6 is 0 Å². The third-order valence-electron chi connectivity index (χ3n) is 8.26. The second-order valence-electron chi connectivity index (χ2n) is 10.7. The molecule has 0 amide bonds. The van der Waals surface area contributed by atoms with Crippen molar-refractivity contribution in [3.05, 3.63) is 150 Å². The first-order chi connectivity index (χ1) is 19.0. The molecule has 0 saturated carbocycles. The van der Waals surface area contributed by atoms with Crippen molar-refractivity contribution in [2.75, 3.05) is 0 Å². The first kappa shape index (κ1) is 25.0. The van der Waals surface area contributed by atoms with Gasteiger partial charge in [0.1, 0.15) is 7.05 Å². The van der Waals surface area contributed by atoms with Crippen LogP contribution in [0.4, 0.5) is 0 Å². The molecule has 1 heterocycles. The summed E-state index contributed by atoms with van der Waals surface area (Å²) < 4.78 is 2.28. The van der Waals surface area contributed by atoms with Crippen LogP contribution in [0.15, 0.2) is 134 Å². The molecule has 190 valence electrons. The highest BCUT2D eigenvalue weighted by molar-refractivity contribution is 7.20. The van der Waals surface area contributed by atoms with Gasteiger partial charge < -0.3 is 0 Å². The number of aryl methyl sites for hydroxylation is 3. The van der Waals surface area contributed by atoms with Gasteiger partial charge in [0, 0.05) is 6.07 Å². The number of nitrogens with zero attached hydrogens (tertiary/aromatic N) is 1. The van der Waals surface area contributed by atoms with Gasteiger partial charge in [0.15, 0.2) is 14.3 Å². The first-order valence-electron chi connectivity index (χ1n) is 13.7. The van der Waals surface area contributed by atoms with Gasteiger partial charge in [-0.05, 0) is 70.2 Å². The minimum atomic E-state index is -2.56. The van der Waals surface area contributed by atoms with Crippen molar-refractivity contribution in [3.8, 4) is 11.3 Å². The van der Waals surface area contributed by atoms with E-state index in [1.165, 1.54) is 59.5 Å². The molecule has 0 bridgehead atoms. The minimum Gasteiger partial charge on any atom is -0.200 e. The Morgan fingerprint density at radius 1 is 0.538 bits per heavy atom. The van der Waals surface area contributed by atoms with Crippen LogP contribution in [0.1, 0.15) is 16.7 Å². The number of hydrogen-bond donors (Lipinski definition) is 0. The average Bonchev–Trinajstić information content (AvgIpc) is 2.97. The number of benzene rings is 5. The van der Waals surface area contributed by atoms with Gasteiger partial charge in [0.2, 0.25) is 5.69 Å². The molecule has 0 spiro atoms. The summed E-state index contributed by atoms with van der Waals surface area (Å²) in [6.07, 6.45) is 2.22. The molecule has 1 aromatic heterocycles. The van der Waals surface area contributed by atoms with Crippen molar-refractivity contribution in [2.45, 2.75) is 20.8 Å². The molecule has 0 radical (unpaired) electrons. The van der Waals surface area contributed by atoms with Crippen molar-refractivity contribution in [3.63, 3.8) is 0 Å². The zero-order valence-corrected chi connectivity index (χ0v) is 24.1. The highest BCUT2D eigenvalue weighted by atomic mass is 28.3. The van der Waals surface area contributed by atoms with Gasteiger partial charge in [-0.2, -0.15) is 0 Å². The molecule has 6 rings (SSSR count). The van der Waals surface area contributed by atoms with Crippen molar-refractivity contribution >= 4 is 39.6 Å². The quantitative estimate of drug-likeness (QED) is 0.158. The van der Waals surface area contributed by atoms with E-state index in [4.69, 9.17) is 0 Å². The van der Waals surface area contributed by atoms with Crippen LogP contribution in [0.25, 0.3) is 22.0 Å². The molecular formula is C37H34NSi+. The Bertz CT molecular complexity index is 1680. The van der Waals surface area contributed by atoms with E-state index in [0.717, 1.165) is 0 Å². The molecule has 0 aliphatic rings. The van der Waals surface area contributed by atoms with Gasteiger partial charge in [-0.3, -0.25) is 0 Å². The fraction of sp³-hybridized carbons (Fsp3) is 0.108. The highest BCUT2D eigenvalue weighted by Gasteiger charge is 2.41. The summed E-state index contributed by atoms with van der Waals surface area (Å²) in [6, 6.07) is 47.6. The Hall–Kier alpha value is -4.27. The van der Waals surface area contributed by atoms with Crippen molar-refractivity contribution in [2.24, 2.45) is 7.05 Å². The molecule has 1 nitrogen and oxygen atoms in total. The van der Waals surface area contributed by atoms with Gasteiger partial charge >= 0.3 is 0 Å². The largest absolute Gasteiger partial charge is 0.220 e. The van der Waals surface area contributed by atoms with Crippen LogP contribution in [0.2, 0.25) is 0 Å². The summed E-state index contributed by atoms with van der Waals surface area (Å²) in [6.45, 7) is 6.66. The molecule has 2 heteroatoms. The smallest absolute Gasteiger partial charge is 0.200 e. The standard InChI is InChI=1S/C37H34NSi/c1-27-24-28(2)29(3)36(25-27)37-35-21-20-34(26-30(35)22-23-38(37)4)39(31-14-8-5-9-15-31,32-16-10-6-11-17-32)33-18-12-7-13-19-33/h5-26H,1-4H3/q+1. The Morgan fingerprint density at radius 2 is 1.08 bits per heavy atom. The predicted octanol–water partition coefficient (Wildman–Crippen LogP) is 5.63. The normalized spacial score (nSPS) is 11.6. The lowest BCUT2D eigenvalue weighted by Gasteiger charge is -2.34. The number of fused-ring (bicyclic) bond motifs is 1. The second kappa shape index (κ2) is 10.1. The lowest BCUT2D eigenvalue weighted by atomic mass is 9.94. The summed E-state index contributed by atoms with van der Waals surface area (Å²) in [4.78, 5) is 0. The Morgan fingerprint density at radius 3 is 1.62 bits per heavy atom. The van der Waals surface area contributed by atoms with Crippen molar-refractivity contribution in [1.29, 1.82) is 0 Å². The molecule has 0 atom stereocenters. The van der Waals surface area contributed by atoms with E-state index in [2.05, 4.69) is 166 Å². The molecule has 39 heavy (non-hydrogen) atoms. The Labute approximate surface area is 233 Å². The molecule has 0 saturated heterocycles. The van der Waals surface area contributed by atoms with E-state index in [1.54, 1.807) is 0 Å². The topological polar surface area (TPSA) is 3.88 Å². The second-order valence-corrected chi connectivity index (χ2v) is 14.5. The number of aromatic nitrogens is 1. The maximum Gasteiger partial charge on any atom is 0.220 e. The van der Waals surface area contributed by atoms with Crippen LogP contribution in [0, 0.1) is 20.8 Å². The Balaban J connectivity index is 1.69. The number of hydrogen-bond acceptors (Lipinski definition) is 0. The maximum absolute atomic E-state index is 2.56. The zero-order chi connectivity index (χ0) is 27.0.